The molecular formula is C26H42O. The Morgan fingerprint density at radius 2 is 1.00 bits per heavy atom. The minimum absolute atomic E-state index is 0.635. The van der Waals surface area contributed by atoms with Crippen LogP contribution in [0.2, 0.25) is 0 Å². The second-order valence-corrected chi connectivity index (χ2v) is 7.03. The smallest absolute Gasteiger partial charge is 0.0488 e. The van der Waals surface area contributed by atoms with Crippen molar-refractivity contribution in [3.8, 4) is 0 Å². The van der Waals surface area contributed by atoms with Crippen molar-refractivity contribution in [2.45, 2.75) is 72.1 Å². The van der Waals surface area contributed by atoms with Crippen LogP contribution in [0.1, 0.15) is 72.1 Å². The minimum Gasteiger partial charge on any atom is -0.381 e. The van der Waals surface area contributed by atoms with Gasteiger partial charge in [0, 0.05) is 13.2 Å². The third-order valence-corrected chi connectivity index (χ3v) is 3.71. The van der Waals surface area contributed by atoms with Gasteiger partial charge in [0.2, 0.25) is 0 Å². The van der Waals surface area contributed by atoms with Crippen molar-refractivity contribution in [3.63, 3.8) is 0 Å². The molecule has 0 spiro atoms. The fraction of sp³-hybridized carbons (Fsp3) is 0.538. The second kappa shape index (κ2) is 22.4. The van der Waals surface area contributed by atoms with Crippen molar-refractivity contribution in [2.24, 2.45) is 5.92 Å². The molecule has 0 aliphatic heterocycles. The first-order valence-corrected chi connectivity index (χ1v) is 10.7. The summed E-state index contributed by atoms with van der Waals surface area (Å²) in [5.74, 6) is 0.635. The molecule has 27 heavy (non-hydrogen) atoms. The van der Waals surface area contributed by atoms with Gasteiger partial charge in [0.05, 0.1) is 0 Å². The molecule has 0 N–H and O–H groups in total. The lowest BCUT2D eigenvalue weighted by molar-refractivity contribution is 0.108. The Kier molecular flexibility index (Phi) is 21.1. The molecule has 152 valence electrons. The first-order chi connectivity index (χ1) is 13.3. The normalized spacial score (nSPS) is 13.3. The average Bonchev–Trinajstić information content (AvgIpc) is 2.65. The largest absolute Gasteiger partial charge is 0.381 e. The van der Waals surface area contributed by atoms with Gasteiger partial charge >= 0.3 is 0 Å². The van der Waals surface area contributed by atoms with Crippen LogP contribution in [0.5, 0.6) is 0 Å². The Morgan fingerprint density at radius 1 is 0.593 bits per heavy atom. The summed E-state index contributed by atoms with van der Waals surface area (Å²) in [4.78, 5) is 0. The van der Waals surface area contributed by atoms with E-state index in [1.165, 1.54) is 0 Å². The highest BCUT2D eigenvalue weighted by Crippen LogP contribution is 1.99. The van der Waals surface area contributed by atoms with E-state index in [1.807, 2.05) is 0 Å². The molecule has 0 bridgehead atoms. The lowest BCUT2D eigenvalue weighted by Crippen LogP contribution is -2.02. The van der Waals surface area contributed by atoms with Crippen LogP contribution in [0.15, 0.2) is 72.9 Å². The molecule has 0 amide bonds. The third-order valence-electron chi connectivity index (χ3n) is 3.71. The van der Waals surface area contributed by atoms with E-state index in [2.05, 4.69) is 93.7 Å². The van der Waals surface area contributed by atoms with Gasteiger partial charge in [-0.1, -0.05) is 93.7 Å². The Bertz CT molecular complexity index is 461. The molecule has 0 aliphatic rings. The Balaban J connectivity index is 3.45. The molecule has 0 aromatic heterocycles. The summed E-state index contributed by atoms with van der Waals surface area (Å²) in [6, 6.07) is 0. The summed E-state index contributed by atoms with van der Waals surface area (Å²) in [7, 11) is 0. The molecule has 0 saturated heterocycles. The van der Waals surface area contributed by atoms with Gasteiger partial charge in [-0.05, 0) is 57.3 Å². The van der Waals surface area contributed by atoms with Gasteiger partial charge in [-0.15, -0.1) is 0 Å². The van der Waals surface area contributed by atoms with Crippen LogP contribution in [-0.4, -0.2) is 13.2 Å². The van der Waals surface area contributed by atoms with Gasteiger partial charge < -0.3 is 4.74 Å². The molecule has 0 aliphatic carbocycles. The van der Waals surface area contributed by atoms with Crippen LogP contribution >= 0.6 is 0 Å². The molecule has 0 atom stereocenters. The molecular weight excluding hydrogens is 328 g/mol. The quantitative estimate of drug-likeness (QED) is 0.185. The van der Waals surface area contributed by atoms with Crippen molar-refractivity contribution >= 4 is 0 Å². The first-order valence-electron chi connectivity index (χ1n) is 10.7. The number of rotatable bonds is 17. The van der Waals surface area contributed by atoms with Crippen molar-refractivity contribution in [2.75, 3.05) is 13.2 Å². The highest BCUT2D eigenvalue weighted by molar-refractivity contribution is 5.01. The summed E-state index contributed by atoms with van der Waals surface area (Å²) in [5, 5.41) is 0. The Hall–Kier alpha value is -1.60. The fourth-order valence-electron chi connectivity index (χ4n) is 2.26. The summed E-state index contributed by atoms with van der Waals surface area (Å²) in [6.45, 7) is 8.29. The maximum absolute atomic E-state index is 5.57. The molecule has 0 rings (SSSR count). The average molecular weight is 371 g/mol. The van der Waals surface area contributed by atoms with Crippen LogP contribution in [0.25, 0.3) is 0 Å². The van der Waals surface area contributed by atoms with Crippen LogP contribution in [-0.2, 0) is 4.74 Å². The fourth-order valence-corrected chi connectivity index (χ4v) is 2.26. The standard InChI is InChI=1S/C26H42O/c1-4-5-6-7-8-9-10-11-12-13-14-15-16-17-18-19-20-21-22-23-24-27-25-26(2)3/h5-6,8-9,11-12,14-15,17-18,20-21,26H,4,7,10,13,16,19,22-25H2,1-3H3/b6-5-,9-8-,12-11-,15-14-,18-17-,21-20-. The van der Waals surface area contributed by atoms with Crippen molar-refractivity contribution in [1.82, 2.24) is 0 Å². The Morgan fingerprint density at radius 3 is 1.41 bits per heavy atom. The zero-order chi connectivity index (χ0) is 19.8. The van der Waals surface area contributed by atoms with Gasteiger partial charge in [-0.3, -0.25) is 0 Å². The number of ether oxygens (including phenoxy) is 1. The molecule has 0 unspecified atom stereocenters. The summed E-state index contributed by atoms with van der Waals surface area (Å²) in [5.41, 5.74) is 0. The van der Waals surface area contributed by atoms with E-state index < -0.39 is 0 Å². The van der Waals surface area contributed by atoms with E-state index in [-0.39, 0.29) is 0 Å². The summed E-state index contributed by atoms with van der Waals surface area (Å²) >= 11 is 0. The zero-order valence-corrected chi connectivity index (χ0v) is 18.0. The number of allylic oxidation sites excluding steroid dienone is 12. The SMILES string of the molecule is CC/C=C\C/C=C\C/C=C\C/C=C\C/C=C\C/C=C\CCCOCC(C)C. The highest BCUT2D eigenvalue weighted by atomic mass is 16.5. The van der Waals surface area contributed by atoms with Crippen LogP contribution < -0.4 is 0 Å². The second-order valence-electron chi connectivity index (χ2n) is 7.03. The molecule has 0 heterocycles. The Labute approximate surface area is 169 Å². The molecule has 1 heteroatoms. The van der Waals surface area contributed by atoms with Gasteiger partial charge in [0.15, 0.2) is 0 Å². The zero-order valence-electron chi connectivity index (χ0n) is 18.0. The summed E-state index contributed by atoms with van der Waals surface area (Å²) < 4.78 is 5.57. The van der Waals surface area contributed by atoms with E-state index in [0.717, 1.165) is 64.6 Å². The molecule has 0 fully saturated rings. The van der Waals surface area contributed by atoms with Gasteiger partial charge in [-0.25, -0.2) is 0 Å². The number of hydrogen-bond donors (Lipinski definition) is 0. The van der Waals surface area contributed by atoms with Crippen LogP contribution in [0.3, 0.4) is 0 Å². The maximum atomic E-state index is 5.57. The molecule has 1 nitrogen and oxygen atoms in total. The predicted molar refractivity (Wildman–Crippen MR) is 123 cm³/mol. The van der Waals surface area contributed by atoms with Crippen LogP contribution in [0, 0.1) is 5.92 Å². The first kappa shape index (κ1) is 25.4. The van der Waals surface area contributed by atoms with Crippen molar-refractivity contribution in [3.05, 3.63) is 72.9 Å². The maximum Gasteiger partial charge on any atom is 0.0488 e. The lowest BCUT2D eigenvalue weighted by Gasteiger charge is -2.04. The van der Waals surface area contributed by atoms with E-state index in [1.54, 1.807) is 0 Å². The van der Waals surface area contributed by atoms with E-state index in [0.29, 0.717) is 5.92 Å². The van der Waals surface area contributed by atoms with E-state index in [4.69, 9.17) is 4.74 Å². The summed E-state index contributed by atoms with van der Waals surface area (Å²) in [6.07, 6.45) is 35.3. The number of unbranched alkanes of at least 4 members (excludes halogenated alkanes) is 1. The topological polar surface area (TPSA) is 9.23 Å². The van der Waals surface area contributed by atoms with E-state index in [9.17, 15) is 0 Å². The predicted octanol–water partition coefficient (Wildman–Crippen LogP) is 8.14. The minimum atomic E-state index is 0.635. The lowest BCUT2D eigenvalue weighted by atomic mass is 10.2. The van der Waals surface area contributed by atoms with Gasteiger partial charge in [0.25, 0.3) is 0 Å². The van der Waals surface area contributed by atoms with Gasteiger partial charge in [-0.2, -0.15) is 0 Å². The third kappa shape index (κ3) is 24.4. The van der Waals surface area contributed by atoms with Crippen molar-refractivity contribution < 1.29 is 4.74 Å². The number of hydrogen-bond acceptors (Lipinski definition) is 1. The highest BCUT2D eigenvalue weighted by Gasteiger charge is 1.92. The molecule has 0 radical (unpaired) electrons. The monoisotopic (exact) mass is 370 g/mol. The van der Waals surface area contributed by atoms with E-state index >= 15 is 0 Å². The molecule has 0 saturated carbocycles. The van der Waals surface area contributed by atoms with Crippen molar-refractivity contribution in [1.29, 1.82) is 0 Å². The molecule has 0 aromatic carbocycles. The van der Waals surface area contributed by atoms with Crippen LogP contribution in [0.4, 0.5) is 0 Å². The molecule has 0 aromatic rings. The van der Waals surface area contributed by atoms with Gasteiger partial charge in [0.1, 0.15) is 0 Å².